The van der Waals surface area contributed by atoms with E-state index in [0.717, 1.165) is 32.4 Å². The molecule has 0 amide bonds. The molecule has 0 spiro atoms. The van der Waals surface area contributed by atoms with Crippen molar-refractivity contribution in [2.45, 2.75) is 25.7 Å². The number of carboxylic acid groups (broad SMARTS) is 1. The number of piperidine rings is 1. The zero-order chi connectivity index (χ0) is 10.4. The number of likely N-dealkylation sites (tertiary alicyclic amines) is 1. The van der Waals surface area contributed by atoms with E-state index in [-0.39, 0.29) is 5.92 Å². The van der Waals surface area contributed by atoms with Gasteiger partial charge in [0.05, 0.1) is 12.0 Å². The van der Waals surface area contributed by atoms with Crippen LogP contribution >= 0.6 is 0 Å². The van der Waals surface area contributed by atoms with Gasteiger partial charge in [0, 0.05) is 13.0 Å². The van der Waals surface area contributed by atoms with Gasteiger partial charge in [-0.25, -0.2) is 0 Å². The highest BCUT2D eigenvalue weighted by atomic mass is 16.4. The fourth-order valence-corrected chi connectivity index (χ4v) is 1.84. The smallest absolute Gasteiger partial charge is 0.307 e. The van der Waals surface area contributed by atoms with Gasteiger partial charge in [-0.15, -0.1) is 0 Å². The zero-order valence-corrected chi connectivity index (χ0v) is 8.28. The lowest BCUT2D eigenvalue weighted by molar-refractivity contribution is -0.143. The number of hydrogen-bond acceptors (Lipinski definition) is 3. The van der Waals surface area contributed by atoms with E-state index >= 15 is 0 Å². The van der Waals surface area contributed by atoms with Gasteiger partial charge in [-0.2, -0.15) is 5.26 Å². The maximum Gasteiger partial charge on any atom is 0.307 e. The molecule has 78 valence electrons. The molecule has 1 N–H and O–H groups in total. The van der Waals surface area contributed by atoms with E-state index < -0.39 is 5.97 Å². The standard InChI is InChI=1S/C10H16N2O2/c11-5-1-2-6-12-7-3-4-9(8-12)10(13)14/h9H,1-4,6-8H2,(H,13,14). The molecular formula is C10H16N2O2. The molecule has 0 aromatic carbocycles. The third-order valence-electron chi connectivity index (χ3n) is 2.62. The van der Waals surface area contributed by atoms with Gasteiger partial charge in [0.1, 0.15) is 0 Å². The lowest BCUT2D eigenvalue weighted by Crippen LogP contribution is -2.39. The number of unbranched alkanes of at least 4 members (excludes halogenated alkanes) is 1. The van der Waals surface area contributed by atoms with Crippen LogP contribution in [0.2, 0.25) is 0 Å². The predicted molar refractivity (Wildman–Crippen MR) is 51.6 cm³/mol. The summed E-state index contributed by atoms with van der Waals surface area (Å²) >= 11 is 0. The van der Waals surface area contributed by atoms with Gasteiger partial charge in [-0.05, 0) is 32.4 Å². The largest absolute Gasteiger partial charge is 0.481 e. The molecule has 1 aliphatic rings. The van der Waals surface area contributed by atoms with Crippen LogP contribution in [0.4, 0.5) is 0 Å². The second kappa shape index (κ2) is 5.61. The molecule has 1 atom stereocenters. The minimum atomic E-state index is -0.685. The van der Waals surface area contributed by atoms with E-state index in [9.17, 15) is 4.79 Å². The summed E-state index contributed by atoms with van der Waals surface area (Å²) in [6.07, 6.45) is 3.17. The topological polar surface area (TPSA) is 64.3 Å². The Labute approximate surface area is 84.1 Å². The summed E-state index contributed by atoms with van der Waals surface area (Å²) < 4.78 is 0. The lowest BCUT2D eigenvalue weighted by Gasteiger charge is -2.30. The fraction of sp³-hybridized carbons (Fsp3) is 0.800. The number of nitriles is 1. The van der Waals surface area contributed by atoms with Crippen molar-refractivity contribution in [3.63, 3.8) is 0 Å². The van der Waals surface area contributed by atoms with Crippen molar-refractivity contribution < 1.29 is 9.90 Å². The molecule has 14 heavy (non-hydrogen) atoms. The molecule has 0 saturated carbocycles. The van der Waals surface area contributed by atoms with Gasteiger partial charge >= 0.3 is 5.97 Å². The Kier molecular flexibility index (Phi) is 4.41. The highest BCUT2D eigenvalue weighted by Crippen LogP contribution is 2.16. The molecule has 0 aromatic heterocycles. The summed E-state index contributed by atoms with van der Waals surface area (Å²) in [5.41, 5.74) is 0. The fourth-order valence-electron chi connectivity index (χ4n) is 1.84. The van der Waals surface area contributed by atoms with Crippen LogP contribution in [0.1, 0.15) is 25.7 Å². The average molecular weight is 196 g/mol. The molecule has 0 aromatic rings. The Balaban J connectivity index is 2.26. The van der Waals surface area contributed by atoms with Crippen LogP contribution in [-0.2, 0) is 4.79 Å². The first-order valence-corrected chi connectivity index (χ1v) is 5.06. The summed E-state index contributed by atoms with van der Waals surface area (Å²) in [7, 11) is 0. The molecular weight excluding hydrogens is 180 g/mol. The highest BCUT2D eigenvalue weighted by Gasteiger charge is 2.24. The number of rotatable bonds is 4. The predicted octanol–water partition coefficient (Wildman–Crippen LogP) is 1.09. The molecule has 0 aliphatic carbocycles. The third kappa shape index (κ3) is 3.35. The average Bonchev–Trinajstić information content (AvgIpc) is 2.19. The molecule has 4 nitrogen and oxygen atoms in total. The van der Waals surface area contributed by atoms with Gasteiger partial charge in [0.2, 0.25) is 0 Å². The van der Waals surface area contributed by atoms with Crippen molar-refractivity contribution in [3.05, 3.63) is 0 Å². The normalized spacial score (nSPS) is 22.9. The monoisotopic (exact) mass is 196 g/mol. The Bertz CT molecular complexity index is 235. The van der Waals surface area contributed by atoms with E-state index in [1.165, 1.54) is 0 Å². The number of carbonyl (C=O) groups is 1. The third-order valence-corrected chi connectivity index (χ3v) is 2.62. The van der Waals surface area contributed by atoms with Crippen molar-refractivity contribution in [2.24, 2.45) is 5.92 Å². The van der Waals surface area contributed by atoms with E-state index in [1.807, 2.05) is 0 Å². The van der Waals surface area contributed by atoms with Gasteiger partial charge in [0.15, 0.2) is 0 Å². The van der Waals surface area contributed by atoms with Gasteiger partial charge < -0.3 is 10.0 Å². The van der Waals surface area contributed by atoms with Crippen LogP contribution in [0.25, 0.3) is 0 Å². The molecule has 0 bridgehead atoms. The Morgan fingerprint density at radius 2 is 2.43 bits per heavy atom. The number of carboxylic acids is 1. The van der Waals surface area contributed by atoms with Crippen LogP contribution in [0, 0.1) is 17.2 Å². The first kappa shape index (κ1) is 11.0. The maximum atomic E-state index is 10.8. The van der Waals surface area contributed by atoms with E-state index in [2.05, 4.69) is 11.0 Å². The van der Waals surface area contributed by atoms with Crippen LogP contribution in [0.5, 0.6) is 0 Å². The minimum Gasteiger partial charge on any atom is -0.481 e. The first-order valence-electron chi connectivity index (χ1n) is 5.06. The van der Waals surface area contributed by atoms with Crippen molar-refractivity contribution in [1.29, 1.82) is 5.26 Å². The lowest BCUT2D eigenvalue weighted by atomic mass is 9.98. The van der Waals surface area contributed by atoms with Crippen molar-refractivity contribution in [2.75, 3.05) is 19.6 Å². The quantitative estimate of drug-likeness (QED) is 0.683. The summed E-state index contributed by atoms with van der Waals surface area (Å²) in [5.74, 6) is -0.888. The molecule has 1 saturated heterocycles. The number of aliphatic carboxylic acids is 1. The van der Waals surface area contributed by atoms with Crippen molar-refractivity contribution in [1.82, 2.24) is 4.90 Å². The highest BCUT2D eigenvalue weighted by molar-refractivity contribution is 5.70. The summed E-state index contributed by atoms with van der Waals surface area (Å²) in [5, 5.41) is 17.2. The molecule has 1 fully saturated rings. The van der Waals surface area contributed by atoms with Gasteiger partial charge in [0.25, 0.3) is 0 Å². The van der Waals surface area contributed by atoms with E-state index in [0.29, 0.717) is 13.0 Å². The van der Waals surface area contributed by atoms with Crippen LogP contribution in [0.15, 0.2) is 0 Å². The van der Waals surface area contributed by atoms with Crippen molar-refractivity contribution in [3.8, 4) is 6.07 Å². The Morgan fingerprint density at radius 1 is 1.64 bits per heavy atom. The summed E-state index contributed by atoms with van der Waals surface area (Å²) in [4.78, 5) is 12.9. The van der Waals surface area contributed by atoms with Crippen LogP contribution in [-0.4, -0.2) is 35.6 Å². The first-order chi connectivity index (χ1) is 6.74. The summed E-state index contributed by atoms with van der Waals surface area (Å²) in [6.45, 7) is 2.49. The van der Waals surface area contributed by atoms with Gasteiger partial charge in [-0.1, -0.05) is 0 Å². The molecule has 0 radical (unpaired) electrons. The molecule has 1 unspecified atom stereocenters. The second-order valence-corrected chi connectivity index (χ2v) is 3.74. The molecule has 1 heterocycles. The number of nitrogens with zero attached hydrogens (tertiary/aromatic N) is 2. The van der Waals surface area contributed by atoms with E-state index in [1.54, 1.807) is 0 Å². The van der Waals surface area contributed by atoms with Gasteiger partial charge in [-0.3, -0.25) is 4.79 Å². The van der Waals surface area contributed by atoms with Crippen molar-refractivity contribution >= 4 is 5.97 Å². The van der Waals surface area contributed by atoms with Crippen LogP contribution in [0.3, 0.4) is 0 Å². The molecule has 1 rings (SSSR count). The molecule has 1 aliphatic heterocycles. The Hall–Kier alpha value is -1.08. The van der Waals surface area contributed by atoms with Crippen LogP contribution < -0.4 is 0 Å². The SMILES string of the molecule is N#CCCCN1CCCC(C(=O)O)C1. The maximum absolute atomic E-state index is 10.8. The summed E-state index contributed by atoms with van der Waals surface area (Å²) in [6, 6.07) is 2.10. The Morgan fingerprint density at radius 3 is 3.07 bits per heavy atom. The molecule has 4 heteroatoms. The second-order valence-electron chi connectivity index (χ2n) is 3.74. The number of hydrogen-bond donors (Lipinski definition) is 1. The zero-order valence-electron chi connectivity index (χ0n) is 8.28. The van der Waals surface area contributed by atoms with E-state index in [4.69, 9.17) is 10.4 Å². The minimum absolute atomic E-state index is 0.203.